The summed E-state index contributed by atoms with van der Waals surface area (Å²) in [7, 11) is 1.47. The second-order valence-electron chi connectivity index (χ2n) is 8.78. The molecule has 1 fully saturated rings. The van der Waals surface area contributed by atoms with Crippen LogP contribution in [0, 0.1) is 6.92 Å². The average Bonchev–Trinajstić information content (AvgIpc) is 3.50. The van der Waals surface area contributed by atoms with Gasteiger partial charge in [-0.15, -0.1) is 0 Å². The number of aromatic nitrogens is 2. The van der Waals surface area contributed by atoms with Crippen LogP contribution < -0.4 is 15.5 Å². The Labute approximate surface area is 226 Å². The van der Waals surface area contributed by atoms with Crippen LogP contribution in [0.25, 0.3) is 5.69 Å². The first-order chi connectivity index (χ1) is 18.0. The number of hydrogen-bond acceptors (Lipinski definition) is 4. The van der Waals surface area contributed by atoms with Crippen LogP contribution in [0.1, 0.15) is 29.0 Å². The molecule has 0 bridgehead atoms. The van der Waals surface area contributed by atoms with Crippen LogP contribution >= 0.6 is 23.8 Å². The summed E-state index contributed by atoms with van der Waals surface area (Å²) in [5.41, 5.74) is 5.46. The van der Waals surface area contributed by atoms with E-state index in [4.69, 9.17) is 28.6 Å². The number of methoxy groups -OCH3 is 1. The number of nitrogens with zero attached hydrogens (tertiary/aromatic N) is 3. The Hall–Kier alpha value is -3.72. The van der Waals surface area contributed by atoms with Gasteiger partial charge < -0.3 is 24.8 Å². The summed E-state index contributed by atoms with van der Waals surface area (Å²) in [6.45, 7) is 2.03. The maximum atomic E-state index is 12.0. The summed E-state index contributed by atoms with van der Waals surface area (Å²) >= 11 is 12.5. The number of hydrogen-bond donors (Lipinski definition) is 2. The van der Waals surface area contributed by atoms with Gasteiger partial charge in [-0.2, -0.15) is 0 Å². The Morgan fingerprint density at radius 3 is 2.70 bits per heavy atom. The molecular weight excluding hydrogens is 506 g/mol. The molecule has 1 saturated heterocycles. The maximum Gasteiger partial charge on any atom is 0.250 e. The number of halogens is 1. The Morgan fingerprint density at radius 1 is 1.11 bits per heavy atom. The summed E-state index contributed by atoms with van der Waals surface area (Å²) in [6.07, 6.45) is 3.84. The molecule has 1 amide bonds. The molecule has 0 radical (unpaired) electrons. The number of carbonyl (C=O) groups excluding carboxylic acids is 1. The van der Waals surface area contributed by atoms with Crippen LogP contribution in [0.4, 0.5) is 11.4 Å². The summed E-state index contributed by atoms with van der Waals surface area (Å²) in [5.74, 6) is -0.278. The van der Waals surface area contributed by atoms with Crippen LogP contribution in [-0.2, 0) is 9.53 Å². The van der Waals surface area contributed by atoms with Crippen LogP contribution in [0.3, 0.4) is 0 Å². The SMILES string of the molecule is COCC(=O)Nc1ccc(N2C(=S)N[C@H](c3ccccn3)[C@H]2c2cccn2-c2cccc(C)c2)cc1Cl. The lowest BCUT2D eigenvalue weighted by Crippen LogP contribution is -2.30. The third-order valence-corrected chi connectivity index (χ3v) is 6.87. The van der Waals surface area contributed by atoms with Crippen molar-refractivity contribution in [3.05, 3.63) is 107 Å². The Kier molecular flexibility index (Phi) is 7.23. The van der Waals surface area contributed by atoms with E-state index < -0.39 is 0 Å². The fraction of sp³-hybridized carbons (Fsp3) is 0.179. The van der Waals surface area contributed by atoms with Gasteiger partial charge in [-0.1, -0.05) is 29.8 Å². The molecule has 0 aliphatic carbocycles. The van der Waals surface area contributed by atoms with Crippen LogP contribution in [-0.4, -0.2) is 34.3 Å². The number of anilines is 2. The average molecular weight is 532 g/mol. The molecule has 0 unspecified atom stereocenters. The zero-order valence-electron chi connectivity index (χ0n) is 20.4. The zero-order chi connectivity index (χ0) is 25.9. The maximum absolute atomic E-state index is 12.0. The first kappa shape index (κ1) is 25.0. The van der Waals surface area contributed by atoms with E-state index in [1.807, 2.05) is 36.4 Å². The van der Waals surface area contributed by atoms with Crippen molar-refractivity contribution in [1.29, 1.82) is 0 Å². The van der Waals surface area contributed by atoms with E-state index in [0.29, 0.717) is 15.8 Å². The smallest absolute Gasteiger partial charge is 0.250 e. The molecule has 7 nitrogen and oxygen atoms in total. The molecule has 4 aromatic rings. The van der Waals surface area contributed by atoms with E-state index in [-0.39, 0.29) is 24.6 Å². The molecular formula is C28H26ClN5O2S. The van der Waals surface area contributed by atoms with Gasteiger partial charge in [0.15, 0.2) is 5.11 Å². The molecule has 2 atom stereocenters. The normalized spacial score (nSPS) is 17.1. The van der Waals surface area contributed by atoms with E-state index in [9.17, 15) is 4.79 Å². The highest BCUT2D eigenvalue weighted by molar-refractivity contribution is 7.80. The molecule has 188 valence electrons. The third kappa shape index (κ3) is 5.09. The van der Waals surface area contributed by atoms with Gasteiger partial charge in [0.25, 0.3) is 0 Å². The number of amides is 1. The molecule has 2 aromatic carbocycles. The fourth-order valence-electron chi connectivity index (χ4n) is 4.65. The van der Waals surface area contributed by atoms with Gasteiger partial charge >= 0.3 is 0 Å². The van der Waals surface area contributed by atoms with E-state index >= 15 is 0 Å². The lowest BCUT2D eigenvalue weighted by atomic mass is 10.0. The molecule has 0 saturated carbocycles. The number of pyridine rings is 1. The first-order valence-corrected chi connectivity index (χ1v) is 12.6. The number of rotatable bonds is 7. The summed E-state index contributed by atoms with van der Waals surface area (Å²) in [5, 5.41) is 7.22. The lowest BCUT2D eigenvalue weighted by molar-refractivity contribution is -0.119. The molecule has 1 aliphatic rings. The lowest BCUT2D eigenvalue weighted by Gasteiger charge is -2.29. The van der Waals surface area contributed by atoms with Crippen molar-refractivity contribution in [2.75, 3.05) is 23.9 Å². The van der Waals surface area contributed by atoms with Crippen molar-refractivity contribution in [3.8, 4) is 5.69 Å². The van der Waals surface area contributed by atoms with E-state index in [1.165, 1.54) is 12.7 Å². The van der Waals surface area contributed by atoms with Gasteiger partial charge in [0.1, 0.15) is 12.6 Å². The standard InChI is InChI=1S/C28H26ClN5O2S/c1-18-7-5-8-19(15-18)33-14-6-10-24(33)27-26(23-9-3-4-13-30-23)32-28(37)34(27)20-11-12-22(21(29)16-20)31-25(35)17-36-2/h3-16,26-27H,17H2,1-2H3,(H,31,35)(H,32,37)/t26-,27-/m1/s1. The molecule has 37 heavy (non-hydrogen) atoms. The highest BCUT2D eigenvalue weighted by Crippen LogP contribution is 2.43. The van der Waals surface area contributed by atoms with Gasteiger partial charge in [-0.05, 0) is 79.3 Å². The molecule has 1 aliphatic heterocycles. The Balaban J connectivity index is 1.59. The molecule has 0 spiro atoms. The summed E-state index contributed by atoms with van der Waals surface area (Å²) < 4.78 is 7.08. The van der Waals surface area contributed by atoms with Gasteiger partial charge in [0.2, 0.25) is 5.91 Å². The second kappa shape index (κ2) is 10.7. The monoisotopic (exact) mass is 531 g/mol. The first-order valence-electron chi connectivity index (χ1n) is 11.8. The molecule has 3 heterocycles. The van der Waals surface area contributed by atoms with Crippen molar-refractivity contribution in [3.63, 3.8) is 0 Å². The summed E-state index contributed by atoms with van der Waals surface area (Å²) in [4.78, 5) is 18.7. The minimum Gasteiger partial charge on any atom is -0.375 e. The number of ether oxygens (including phenoxy) is 1. The second-order valence-corrected chi connectivity index (χ2v) is 9.58. The van der Waals surface area contributed by atoms with E-state index in [2.05, 4.69) is 68.5 Å². The number of thiocarbonyl (C=S) groups is 1. The Bertz CT molecular complexity index is 1440. The number of carbonyl (C=O) groups is 1. The van der Waals surface area contributed by atoms with Crippen molar-refractivity contribution in [2.24, 2.45) is 0 Å². The minimum absolute atomic E-state index is 0.0536. The van der Waals surface area contributed by atoms with Gasteiger partial charge in [-0.25, -0.2) is 0 Å². The highest BCUT2D eigenvalue weighted by atomic mass is 35.5. The van der Waals surface area contributed by atoms with Gasteiger partial charge in [0, 0.05) is 36.6 Å². The third-order valence-electron chi connectivity index (χ3n) is 6.24. The van der Waals surface area contributed by atoms with Crippen LogP contribution in [0.5, 0.6) is 0 Å². The summed E-state index contributed by atoms with van der Waals surface area (Å²) in [6, 6.07) is 23.4. The van der Waals surface area contributed by atoms with Crippen molar-refractivity contribution in [2.45, 2.75) is 19.0 Å². The van der Waals surface area contributed by atoms with E-state index in [0.717, 1.165) is 22.8 Å². The minimum atomic E-state index is -0.278. The van der Waals surface area contributed by atoms with Crippen molar-refractivity contribution >= 4 is 46.2 Å². The number of nitrogens with one attached hydrogen (secondary N) is 2. The van der Waals surface area contributed by atoms with Crippen molar-refractivity contribution < 1.29 is 9.53 Å². The largest absolute Gasteiger partial charge is 0.375 e. The molecule has 5 rings (SSSR count). The predicted molar refractivity (Wildman–Crippen MR) is 150 cm³/mol. The highest BCUT2D eigenvalue weighted by Gasteiger charge is 2.42. The van der Waals surface area contributed by atoms with Gasteiger partial charge in [0.05, 0.1) is 22.4 Å². The van der Waals surface area contributed by atoms with Crippen LogP contribution in [0.15, 0.2) is 85.2 Å². The van der Waals surface area contributed by atoms with Crippen LogP contribution in [0.2, 0.25) is 5.02 Å². The predicted octanol–water partition coefficient (Wildman–Crippen LogP) is 5.60. The molecule has 9 heteroatoms. The molecule has 2 aromatic heterocycles. The fourth-order valence-corrected chi connectivity index (χ4v) is 5.22. The number of aryl methyl sites for hydroxylation is 1. The number of benzene rings is 2. The molecule has 2 N–H and O–H groups in total. The van der Waals surface area contributed by atoms with Crippen molar-refractivity contribution in [1.82, 2.24) is 14.9 Å². The Morgan fingerprint density at radius 2 is 1.97 bits per heavy atom. The van der Waals surface area contributed by atoms with Gasteiger partial charge in [-0.3, -0.25) is 9.78 Å². The quantitative estimate of drug-likeness (QED) is 0.303. The topological polar surface area (TPSA) is 71.4 Å². The van der Waals surface area contributed by atoms with E-state index in [1.54, 1.807) is 12.3 Å². The zero-order valence-corrected chi connectivity index (χ0v) is 22.0.